The molecule has 0 atom stereocenters. The Morgan fingerprint density at radius 2 is 1.93 bits per heavy atom. The lowest BCUT2D eigenvalue weighted by Crippen LogP contribution is -2.42. The molecule has 162 valence electrons. The summed E-state index contributed by atoms with van der Waals surface area (Å²) >= 11 is 0. The molecule has 0 unspecified atom stereocenters. The number of benzene rings is 1. The molecule has 0 aliphatic heterocycles. The number of hydrogen-bond donors (Lipinski definition) is 1. The summed E-state index contributed by atoms with van der Waals surface area (Å²) in [6, 6.07) is 8.63. The molecule has 0 saturated heterocycles. The molecule has 1 aromatic heterocycles. The van der Waals surface area contributed by atoms with Gasteiger partial charge in [0.1, 0.15) is 6.61 Å². The Balaban J connectivity index is 1.69. The monoisotopic (exact) mass is 422 g/mol. The van der Waals surface area contributed by atoms with E-state index < -0.39 is 17.2 Å². The third kappa shape index (κ3) is 5.11. The van der Waals surface area contributed by atoms with Gasteiger partial charge in [0.05, 0.1) is 17.6 Å². The number of aromatic nitrogens is 1. The van der Waals surface area contributed by atoms with Crippen LogP contribution in [0.5, 0.6) is 5.88 Å². The molecule has 1 aliphatic carbocycles. The van der Waals surface area contributed by atoms with Crippen LogP contribution in [0.3, 0.4) is 0 Å². The Hall–Kier alpha value is -2.61. The van der Waals surface area contributed by atoms with E-state index in [4.69, 9.17) is 9.47 Å². The van der Waals surface area contributed by atoms with Crippen LogP contribution in [-0.2, 0) is 27.7 Å². The largest absolute Gasteiger partial charge is 0.475 e. The molecule has 0 bridgehead atoms. The van der Waals surface area contributed by atoms with Crippen LogP contribution in [0.4, 0.5) is 13.2 Å². The quantitative estimate of drug-likeness (QED) is 0.646. The van der Waals surface area contributed by atoms with Gasteiger partial charge in [-0.15, -0.1) is 0 Å². The lowest BCUT2D eigenvalue weighted by molar-refractivity contribution is -0.138. The van der Waals surface area contributed by atoms with Gasteiger partial charge in [0.2, 0.25) is 11.8 Å². The third-order valence-electron chi connectivity index (χ3n) is 5.42. The fourth-order valence-corrected chi connectivity index (χ4v) is 3.80. The normalized spacial score (nSPS) is 15.7. The molecule has 2 aromatic rings. The van der Waals surface area contributed by atoms with Crippen molar-refractivity contribution in [1.82, 2.24) is 10.3 Å². The minimum atomic E-state index is -4.44. The first-order valence-corrected chi connectivity index (χ1v) is 9.88. The molecular weight excluding hydrogens is 397 g/mol. The van der Waals surface area contributed by atoms with Crippen LogP contribution in [0.15, 0.2) is 42.6 Å². The predicted octanol–water partition coefficient (Wildman–Crippen LogP) is 4.25. The van der Waals surface area contributed by atoms with Crippen LogP contribution in [-0.4, -0.2) is 31.2 Å². The van der Waals surface area contributed by atoms with E-state index in [1.165, 1.54) is 6.07 Å². The van der Waals surface area contributed by atoms with Crippen LogP contribution < -0.4 is 10.1 Å². The number of methoxy groups -OCH3 is 1. The van der Waals surface area contributed by atoms with E-state index in [2.05, 4.69) is 10.3 Å². The third-order valence-corrected chi connectivity index (χ3v) is 5.42. The molecule has 0 spiro atoms. The van der Waals surface area contributed by atoms with Crippen molar-refractivity contribution in [3.05, 3.63) is 59.3 Å². The predicted molar refractivity (Wildman–Crippen MR) is 105 cm³/mol. The average Bonchev–Trinajstić information content (AvgIpc) is 3.24. The summed E-state index contributed by atoms with van der Waals surface area (Å²) < 4.78 is 49.8. The second kappa shape index (κ2) is 9.47. The maximum atomic E-state index is 13.2. The van der Waals surface area contributed by atoms with E-state index in [0.717, 1.165) is 30.5 Å². The van der Waals surface area contributed by atoms with Gasteiger partial charge in [0.25, 0.3) is 0 Å². The second-order valence-corrected chi connectivity index (χ2v) is 7.40. The number of nitrogens with one attached hydrogen (secondary N) is 1. The van der Waals surface area contributed by atoms with Gasteiger partial charge in [0.15, 0.2) is 0 Å². The lowest BCUT2D eigenvalue weighted by atomic mass is 9.77. The molecule has 1 aromatic carbocycles. The lowest BCUT2D eigenvalue weighted by Gasteiger charge is -2.29. The molecule has 30 heavy (non-hydrogen) atoms. The minimum absolute atomic E-state index is 0.241. The molecule has 3 rings (SSSR count). The van der Waals surface area contributed by atoms with Crippen molar-refractivity contribution in [2.24, 2.45) is 0 Å². The van der Waals surface area contributed by atoms with E-state index in [0.29, 0.717) is 37.5 Å². The fraction of sp³-hybridized carbons (Fsp3) is 0.455. The number of pyridine rings is 1. The summed E-state index contributed by atoms with van der Waals surface area (Å²) in [7, 11) is 1.58. The Kier molecular flexibility index (Phi) is 6.97. The highest BCUT2D eigenvalue weighted by Gasteiger charge is 2.43. The number of hydrogen-bond acceptors (Lipinski definition) is 4. The number of halogens is 3. The van der Waals surface area contributed by atoms with Crippen LogP contribution in [0.25, 0.3) is 0 Å². The molecule has 5 nitrogen and oxygen atoms in total. The summed E-state index contributed by atoms with van der Waals surface area (Å²) in [5, 5.41) is 2.89. The second-order valence-electron chi connectivity index (χ2n) is 7.40. The molecule has 1 N–H and O–H groups in total. The molecule has 0 radical (unpaired) electrons. The van der Waals surface area contributed by atoms with Gasteiger partial charge in [-0.3, -0.25) is 4.79 Å². The molecule has 1 aliphatic rings. The minimum Gasteiger partial charge on any atom is -0.475 e. The van der Waals surface area contributed by atoms with Crippen molar-refractivity contribution in [2.45, 2.75) is 43.8 Å². The van der Waals surface area contributed by atoms with Crippen LogP contribution >= 0.6 is 0 Å². The number of amides is 1. The van der Waals surface area contributed by atoms with Crippen molar-refractivity contribution in [3.8, 4) is 5.88 Å². The summed E-state index contributed by atoms with van der Waals surface area (Å²) in [6.45, 7) is 1.08. The summed E-state index contributed by atoms with van der Waals surface area (Å²) in [6.07, 6.45) is -0.161. The molecule has 1 heterocycles. The molecular formula is C22H25F3N2O3. The van der Waals surface area contributed by atoms with Crippen molar-refractivity contribution < 1.29 is 27.4 Å². The number of ether oxygens (including phenoxy) is 2. The van der Waals surface area contributed by atoms with E-state index in [1.54, 1.807) is 31.5 Å². The van der Waals surface area contributed by atoms with Crippen molar-refractivity contribution >= 4 is 5.91 Å². The zero-order valence-electron chi connectivity index (χ0n) is 16.8. The van der Waals surface area contributed by atoms with Gasteiger partial charge < -0.3 is 14.8 Å². The fourth-order valence-electron chi connectivity index (χ4n) is 3.80. The Morgan fingerprint density at radius 1 is 1.17 bits per heavy atom. The van der Waals surface area contributed by atoms with Gasteiger partial charge in [-0.05, 0) is 30.0 Å². The van der Waals surface area contributed by atoms with Crippen molar-refractivity contribution in [1.29, 1.82) is 0 Å². The summed E-state index contributed by atoms with van der Waals surface area (Å²) in [5.41, 5.74) is -0.461. The topological polar surface area (TPSA) is 60.5 Å². The molecule has 1 amide bonds. The average molecular weight is 422 g/mol. The summed E-state index contributed by atoms with van der Waals surface area (Å²) in [5.74, 6) is 0.207. The zero-order chi connectivity index (χ0) is 21.6. The van der Waals surface area contributed by atoms with Crippen molar-refractivity contribution in [3.63, 3.8) is 0 Å². The van der Waals surface area contributed by atoms with E-state index in [9.17, 15) is 18.0 Å². The Morgan fingerprint density at radius 3 is 2.57 bits per heavy atom. The smallest absolute Gasteiger partial charge is 0.416 e. The van der Waals surface area contributed by atoms with Gasteiger partial charge in [-0.2, -0.15) is 13.2 Å². The molecule has 8 heteroatoms. The first-order valence-electron chi connectivity index (χ1n) is 9.88. The van der Waals surface area contributed by atoms with Crippen LogP contribution in [0, 0.1) is 0 Å². The standard InChI is InChI=1S/C22H25F3N2O3/c1-29-11-12-30-19-8-7-16(14-26-19)15-27-20(28)21(9-2-3-10-21)17-5-4-6-18(13-17)22(23,24)25/h4-8,13-14H,2-3,9-12,15H2,1H3,(H,27,28). The highest BCUT2D eigenvalue weighted by Crippen LogP contribution is 2.43. The number of carbonyl (C=O) groups is 1. The SMILES string of the molecule is COCCOc1ccc(CNC(=O)C2(c3cccc(C(F)(F)F)c3)CCCC2)cn1. The number of nitrogens with zero attached hydrogens (tertiary/aromatic N) is 1. The van der Waals surface area contributed by atoms with Gasteiger partial charge >= 0.3 is 6.18 Å². The number of carbonyl (C=O) groups excluding carboxylic acids is 1. The first kappa shape index (κ1) is 22.1. The van der Waals surface area contributed by atoms with E-state index in [1.807, 2.05) is 0 Å². The van der Waals surface area contributed by atoms with Crippen molar-refractivity contribution in [2.75, 3.05) is 20.3 Å². The maximum absolute atomic E-state index is 13.2. The highest BCUT2D eigenvalue weighted by molar-refractivity contribution is 5.88. The number of alkyl halides is 3. The van der Waals surface area contributed by atoms with E-state index in [-0.39, 0.29) is 12.5 Å². The van der Waals surface area contributed by atoms with Gasteiger partial charge in [-0.1, -0.05) is 37.1 Å². The first-order chi connectivity index (χ1) is 14.3. The van der Waals surface area contributed by atoms with Crippen LogP contribution in [0.1, 0.15) is 42.4 Å². The van der Waals surface area contributed by atoms with Gasteiger partial charge in [0, 0.05) is 25.9 Å². The zero-order valence-corrected chi connectivity index (χ0v) is 16.8. The Bertz CT molecular complexity index is 847. The van der Waals surface area contributed by atoms with E-state index >= 15 is 0 Å². The molecule has 1 fully saturated rings. The molecule has 1 saturated carbocycles. The summed E-state index contributed by atoms with van der Waals surface area (Å²) in [4.78, 5) is 17.3. The number of rotatable bonds is 8. The Labute approximate surface area is 173 Å². The van der Waals surface area contributed by atoms with Crippen LogP contribution in [0.2, 0.25) is 0 Å². The maximum Gasteiger partial charge on any atom is 0.416 e. The van der Waals surface area contributed by atoms with Gasteiger partial charge in [-0.25, -0.2) is 4.98 Å². The highest BCUT2D eigenvalue weighted by atomic mass is 19.4.